The molecular weight excluding hydrogens is 110 g/mol. The molecule has 1 heteroatoms. The van der Waals surface area contributed by atoms with Gasteiger partial charge >= 0.3 is 0 Å². The summed E-state index contributed by atoms with van der Waals surface area (Å²) in [5, 5.41) is 0. The first-order valence-electron chi connectivity index (χ1n) is 4.05. The van der Waals surface area contributed by atoms with E-state index in [4.69, 9.17) is 0 Å². The normalized spacial score (nSPS) is 29.3. The van der Waals surface area contributed by atoms with Gasteiger partial charge < -0.3 is 4.90 Å². The molecule has 1 saturated heterocycles. The standard InChI is InChI=1S/C8H17N/c1-3-5-8-6-4-7-9(8)2/h8H,3-7H2,1-2H3/t8-/m1/s1. The van der Waals surface area contributed by atoms with E-state index in [2.05, 4.69) is 18.9 Å². The van der Waals surface area contributed by atoms with Gasteiger partial charge in [-0.25, -0.2) is 0 Å². The maximum atomic E-state index is 2.49. The van der Waals surface area contributed by atoms with Crippen LogP contribution >= 0.6 is 0 Å². The van der Waals surface area contributed by atoms with Gasteiger partial charge in [-0.3, -0.25) is 0 Å². The van der Waals surface area contributed by atoms with Crippen LogP contribution in [0.5, 0.6) is 0 Å². The maximum Gasteiger partial charge on any atom is 0.00925 e. The molecule has 1 aliphatic rings. The van der Waals surface area contributed by atoms with E-state index in [1.54, 1.807) is 0 Å². The third kappa shape index (κ3) is 1.68. The Morgan fingerprint density at radius 2 is 2.33 bits per heavy atom. The van der Waals surface area contributed by atoms with Crippen LogP contribution in [-0.2, 0) is 0 Å². The lowest BCUT2D eigenvalue weighted by Gasteiger charge is -2.17. The van der Waals surface area contributed by atoms with Crippen LogP contribution in [0.1, 0.15) is 32.6 Å². The largest absolute Gasteiger partial charge is 0.303 e. The van der Waals surface area contributed by atoms with E-state index in [1.165, 1.54) is 32.2 Å². The molecule has 0 unspecified atom stereocenters. The zero-order chi connectivity index (χ0) is 6.69. The molecule has 0 amide bonds. The van der Waals surface area contributed by atoms with E-state index in [0.29, 0.717) is 0 Å². The van der Waals surface area contributed by atoms with Crippen molar-refractivity contribution in [3.63, 3.8) is 0 Å². The lowest BCUT2D eigenvalue weighted by Crippen LogP contribution is -2.24. The fraction of sp³-hybridized carbons (Fsp3) is 1.00. The van der Waals surface area contributed by atoms with Gasteiger partial charge in [0.1, 0.15) is 0 Å². The number of hydrogen-bond donors (Lipinski definition) is 0. The molecule has 1 nitrogen and oxygen atoms in total. The van der Waals surface area contributed by atoms with Gasteiger partial charge in [0.05, 0.1) is 0 Å². The molecule has 0 aliphatic carbocycles. The fourth-order valence-corrected chi connectivity index (χ4v) is 1.68. The van der Waals surface area contributed by atoms with Gasteiger partial charge in [0.25, 0.3) is 0 Å². The van der Waals surface area contributed by atoms with Crippen molar-refractivity contribution in [2.75, 3.05) is 13.6 Å². The Hall–Kier alpha value is -0.0400. The van der Waals surface area contributed by atoms with Gasteiger partial charge in [0.2, 0.25) is 0 Å². The lowest BCUT2D eigenvalue weighted by atomic mass is 10.1. The summed E-state index contributed by atoms with van der Waals surface area (Å²) in [7, 11) is 2.24. The molecule has 0 aromatic heterocycles. The van der Waals surface area contributed by atoms with E-state index >= 15 is 0 Å². The molecule has 1 heterocycles. The molecule has 1 atom stereocenters. The smallest absolute Gasteiger partial charge is 0.00925 e. The maximum absolute atomic E-state index is 2.49. The van der Waals surface area contributed by atoms with Crippen molar-refractivity contribution in [1.82, 2.24) is 4.90 Å². The lowest BCUT2D eigenvalue weighted by molar-refractivity contribution is 0.295. The second-order valence-electron chi connectivity index (χ2n) is 3.07. The van der Waals surface area contributed by atoms with Crippen molar-refractivity contribution < 1.29 is 0 Å². The Bertz CT molecular complexity index is 80.6. The minimum Gasteiger partial charge on any atom is -0.303 e. The predicted molar refractivity (Wildman–Crippen MR) is 40.6 cm³/mol. The first-order chi connectivity index (χ1) is 4.34. The SMILES string of the molecule is CCC[C@@H]1CCCN1C. The van der Waals surface area contributed by atoms with Crippen LogP contribution in [0.4, 0.5) is 0 Å². The zero-order valence-electron chi connectivity index (χ0n) is 6.56. The average molecular weight is 127 g/mol. The fourth-order valence-electron chi connectivity index (χ4n) is 1.68. The van der Waals surface area contributed by atoms with E-state index < -0.39 is 0 Å². The van der Waals surface area contributed by atoms with Crippen molar-refractivity contribution in [3.05, 3.63) is 0 Å². The van der Waals surface area contributed by atoms with Gasteiger partial charge in [-0.15, -0.1) is 0 Å². The van der Waals surface area contributed by atoms with Gasteiger partial charge in [0.15, 0.2) is 0 Å². The van der Waals surface area contributed by atoms with Crippen molar-refractivity contribution >= 4 is 0 Å². The third-order valence-electron chi connectivity index (χ3n) is 2.29. The van der Waals surface area contributed by atoms with Crippen LogP contribution in [-0.4, -0.2) is 24.5 Å². The van der Waals surface area contributed by atoms with Crippen LogP contribution in [0.25, 0.3) is 0 Å². The molecule has 0 radical (unpaired) electrons. The molecule has 0 N–H and O–H groups in total. The number of hydrogen-bond acceptors (Lipinski definition) is 1. The van der Waals surface area contributed by atoms with E-state index in [9.17, 15) is 0 Å². The van der Waals surface area contributed by atoms with Crippen LogP contribution in [0.15, 0.2) is 0 Å². The highest BCUT2D eigenvalue weighted by Gasteiger charge is 2.18. The second kappa shape index (κ2) is 3.21. The minimum atomic E-state index is 0.912. The van der Waals surface area contributed by atoms with Crippen LogP contribution in [0.3, 0.4) is 0 Å². The van der Waals surface area contributed by atoms with Crippen molar-refractivity contribution in [2.24, 2.45) is 0 Å². The molecule has 1 aliphatic heterocycles. The molecule has 0 spiro atoms. The highest BCUT2D eigenvalue weighted by Crippen LogP contribution is 2.18. The van der Waals surface area contributed by atoms with Crippen LogP contribution in [0, 0.1) is 0 Å². The molecule has 0 bridgehead atoms. The van der Waals surface area contributed by atoms with E-state index in [0.717, 1.165) is 6.04 Å². The quantitative estimate of drug-likeness (QED) is 0.547. The summed E-state index contributed by atoms with van der Waals surface area (Å²) in [5.41, 5.74) is 0. The van der Waals surface area contributed by atoms with Crippen molar-refractivity contribution in [2.45, 2.75) is 38.6 Å². The van der Waals surface area contributed by atoms with Gasteiger partial charge in [0, 0.05) is 6.04 Å². The molecule has 54 valence electrons. The topological polar surface area (TPSA) is 3.24 Å². The number of rotatable bonds is 2. The summed E-state index contributed by atoms with van der Waals surface area (Å²) < 4.78 is 0. The van der Waals surface area contributed by atoms with Crippen molar-refractivity contribution in [1.29, 1.82) is 0 Å². The van der Waals surface area contributed by atoms with E-state index in [-0.39, 0.29) is 0 Å². The Morgan fingerprint density at radius 1 is 1.56 bits per heavy atom. The number of likely N-dealkylation sites (tertiary alicyclic amines) is 1. The predicted octanol–water partition coefficient (Wildman–Crippen LogP) is 1.88. The minimum absolute atomic E-state index is 0.912. The molecule has 0 aromatic carbocycles. The summed E-state index contributed by atoms with van der Waals surface area (Å²) in [6.45, 7) is 3.59. The van der Waals surface area contributed by atoms with Gasteiger partial charge in [-0.1, -0.05) is 13.3 Å². The molecular formula is C8H17N. The molecule has 0 saturated carbocycles. The van der Waals surface area contributed by atoms with Gasteiger partial charge in [-0.05, 0) is 32.9 Å². The first kappa shape index (κ1) is 7.07. The number of nitrogens with zero attached hydrogens (tertiary/aromatic N) is 1. The average Bonchev–Trinajstić information content (AvgIpc) is 2.18. The summed E-state index contributed by atoms with van der Waals surface area (Å²) in [4.78, 5) is 2.49. The summed E-state index contributed by atoms with van der Waals surface area (Å²) in [6, 6.07) is 0.912. The molecule has 1 fully saturated rings. The monoisotopic (exact) mass is 127 g/mol. The van der Waals surface area contributed by atoms with Crippen molar-refractivity contribution in [3.8, 4) is 0 Å². The third-order valence-corrected chi connectivity index (χ3v) is 2.29. The summed E-state index contributed by atoms with van der Waals surface area (Å²) in [6.07, 6.45) is 5.59. The van der Waals surface area contributed by atoms with Crippen LogP contribution in [0.2, 0.25) is 0 Å². The molecule has 1 rings (SSSR count). The highest BCUT2D eigenvalue weighted by atomic mass is 15.1. The Morgan fingerprint density at radius 3 is 2.78 bits per heavy atom. The van der Waals surface area contributed by atoms with Gasteiger partial charge in [-0.2, -0.15) is 0 Å². The summed E-state index contributed by atoms with van der Waals surface area (Å²) >= 11 is 0. The zero-order valence-corrected chi connectivity index (χ0v) is 6.56. The molecule has 9 heavy (non-hydrogen) atoms. The van der Waals surface area contributed by atoms with E-state index in [1.807, 2.05) is 0 Å². The van der Waals surface area contributed by atoms with Crippen LogP contribution < -0.4 is 0 Å². The highest BCUT2D eigenvalue weighted by molar-refractivity contribution is 4.75. The Labute approximate surface area is 58.0 Å². The first-order valence-corrected chi connectivity index (χ1v) is 4.05. The second-order valence-corrected chi connectivity index (χ2v) is 3.07. The Balaban J connectivity index is 2.22. The summed E-state index contributed by atoms with van der Waals surface area (Å²) in [5.74, 6) is 0. The molecule has 0 aromatic rings. The Kier molecular flexibility index (Phi) is 2.52.